The number of rotatable bonds is 5. The van der Waals surface area contributed by atoms with Crippen LogP contribution in [0.5, 0.6) is 11.5 Å². The third-order valence-corrected chi connectivity index (χ3v) is 5.83. The summed E-state index contributed by atoms with van der Waals surface area (Å²) >= 11 is 0. The van der Waals surface area contributed by atoms with E-state index in [9.17, 15) is 14.7 Å². The molecular formula is C23H24N2O5. The van der Waals surface area contributed by atoms with Crippen LogP contribution in [0.15, 0.2) is 48.2 Å². The van der Waals surface area contributed by atoms with Gasteiger partial charge in [-0.3, -0.25) is 14.6 Å². The van der Waals surface area contributed by atoms with Crippen LogP contribution in [-0.2, 0) is 9.59 Å². The van der Waals surface area contributed by atoms with Crippen molar-refractivity contribution in [1.29, 1.82) is 0 Å². The number of aromatic nitrogens is 1. The van der Waals surface area contributed by atoms with E-state index in [1.54, 1.807) is 41.4 Å². The topological polar surface area (TPSA) is 89.0 Å². The molecular weight excluding hydrogens is 384 g/mol. The molecule has 2 heterocycles. The quantitative estimate of drug-likeness (QED) is 0.463. The average molecular weight is 408 g/mol. The third-order valence-electron chi connectivity index (χ3n) is 5.83. The molecule has 1 atom stereocenters. The Morgan fingerprint density at radius 3 is 2.50 bits per heavy atom. The first kappa shape index (κ1) is 19.9. The molecule has 30 heavy (non-hydrogen) atoms. The standard InChI is InChI=1S/C23H24N2O5/c1-29-15-10-11-18(30-2)16(13-15)21(26)19-20(17-9-5-6-12-24-17)25(23(28)22(19)27)14-7-3-4-8-14/h5-6,9-14,20,26H,3-4,7-8H2,1-2H3/b21-19+. The monoisotopic (exact) mass is 408 g/mol. The summed E-state index contributed by atoms with van der Waals surface area (Å²) in [6, 6.07) is 9.50. The molecule has 1 amide bonds. The van der Waals surface area contributed by atoms with E-state index in [4.69, 9.17) is 9.47 Å². The van der Waals surface area contributed by atoms with Gasteiger partial charge >= 0.3 is 0 Å². The minimum atomic E-state index is -0.745. The molecule has 1 saturated heterocycles. The molecule has 2 aliphatic rings. The van der Waals surface area contributed by atoms with Crippen molar-refractivity contribution in [2.24, 2.45) is 0 Å². The number of benzene rings is 1. The Hall–Kier alpha value is -3.35. The summed E-state index contributed by atoms with van der Waals surface area (Å²) in [5, 5.41) is 11.2. The summed E-state index contributed by atoms with van der Waals surface area (Å²) in [5.41, 5.74) is 0.867. The number of hydrogen-bond donors (Lipinski definition) is 1. The highest BCUT2D eigenvalue weighted by Gasteiger charge is 2.50. The third kappa shape index (κ3) is 3.30. The number of carbonyl (C=O) groups excluding carboxylic acids is 2. The first-order valence-electron chi connectivity index (χ1n) is 10.00. The lowest BCUT2D eigenvalue weighted by Crippen LogP contribution is -2.37. The van der Waals surface area contributed by atoms with Crippen molar-refractivity contribution in [3.8, 4) is 11.5 Å². The van der Waals surface area contributed by atoms with Crippen LogP contribution in [0.3, 0.4) is 0 Å². The summed E-state index contributed by atoms with van der Waals surface area (Å²) in [4.78, 5) is 32.2. The maximum Gasteiger partial charge on any atom is 0.295 e. The van der Waals surface area contributed by atoms with Gasteiger partial charge in [0.05, 0.1) is 31.1 Å². The molecule has 1 N–H and O–H groups in total. The number of amides is 1. The fourth-order valence-electron chi connectivity index (χ4n) is 4.38. The van der Waals surface area contributed by atoms with Crippen LogP contribution in [0.2, 0.25) is 0 Å². The number of likely N-dealkylation sites (tertiary alicyclic amines) is 1. The number of Topliss-reactive ketones (excluding diaryl/α,β-unsaturated/α-hetero) is 1. The van der Waals surface area contributed by atoms with Crippen LogP contribution in [0.1, 0.15) is 43.0 Å². The fraction of sp³-hybridized carbons (Fsp3) is 0.348. The van der Waals surface area contributed by atoms with Crippen LogP contribution in [0.4, 0.5) is 0 Å². The number of methoxy groups -OCH3 is 2. The first-order valence-corrected chi connectivity index (χ1v) is 10.00. The molecule has 2 aromatic rings. The molecule has 0 bridgehead atoms. The highest BCUT2D eigenvalue weighted by atomic mass is 16.5. The maximum atomic E-state index is 13.1. The number of ketones is 1. The van der Waals surface area contributed by atoms with E-state index in [-0.39, 0.29) is 17.4 Å². The second-order valence-corrected chi connectivity index (χ2v) is 7.47. The molecule has 2 fully saturated rings. The van der Waals surface area contributed by atoms with Gasteiger partial charge in [-0.2, -0.15) is 0 Å². The van der Waals surface area contributed by atoms with Crippen molar-refractivity contribution in [1.82, 2.24) is 9.88 Å². The van der Waals surface area contributed by atoms with Crippen molar-refractivity contribution in [2.75, 3.05) is 14.2 Å². The van der Waals surface area contributed by atoms with Crippen molar-refractivity contribution < 1.29 is 24.2 Å². The van der Waals surface area contributed by atoms with Crippen LogP contribution in [0, 0.1) is 0 Å². The number of hydrogen-bond acceptors (Lipinski definition) is 6. The second-order valence-electron chi connectivity index (χ2n) is 7.47. The van der Waals surface area contributed by atoms with Crippen molar-refractivity contribution in [3.05, 3.63) is 59.4 Å². The minimum absolute atomic E-state index is 0.0251. The summed E-state index contributed by atoms with van der Waals surface area (Å²) in [6.45, 7) is 0. The van der Waals surface area contributed by atoms with E-state index in [0.717, 1.165) is 25.7 Å². The molecule has 1 aromatic heterocycles. The molecule has 156 valence electrons. The highest BCUT2D eigenvalue weighted by Crippen LogP contribution is 2.44. The fourth-order valence-corrected chi connectivity index (χ4v) is 4.38. The number of pyridine rings is 1. The molecule has 7 heteroatoms. The van der Waals surface area contributed by atoms with Gasteiger partial charge in [0.1, 0.15) is 23.3 Å². The predicted octanol–water partition coefficient (Wildman–Crippen LogP) is 3.46. The molecule has 7 nitrogen and oxygen atoms in total. The van der Waals surface area contributed by atoms with Gasteiger partial charge in [0.15, 0.2) is 0 Å². The lowest BCUT2D eigenvalue weighted by atomic mass is 9.97. The van der Waals surface area contributed by atoms with Gasteiger partial charge in [-0.05, 0) is 43.2 Å². The molecule has 0 radical (unpaired) electrons. The number of nitrogens with zero attached hydrogens (tertiary/aromatic N) is 2. The number of aliphatic hydroxyl groups is 1. The zero-order chi connectivity index (χ0) is 21.3. The van der Waals surface area contributed by atoms with Crippen molar-refractivity contribution in [2.45, 2.75) is 37.8 Å². The Balaban J connectivity index is 1.92. The van der Waals surface area contributed by atoms with Gasteiger partial charge in [0.2, 0.25) is 0 Å². The second kappa shape index (κ2) is 8.18. The predicted molar refractivity (Wildman–Crippen MR) is 110 cm³/mol. The van der Waals surface area contributed by atoms with Crippen molar-refractivity contribution in [3.63, 3.8) is 0 Å². The molecule has 1 saturated carbocycles. The van der Waals surface area contributed by atoms with Crippen LogP contribution in [-0.4, -0.2) is 46.9 Å². The average Bonchev–Trinajstić information content (AvgIpc) is 3.40. The van der Waals surface area contributed by atoms with E-state index in [1.807, 2.05) is 6.07 Å². The minimum Gasteiger partial charge on any atom is -0.507 e. The summed E-state index contributed by atoms with van der Waals surface area (Å²) in [7, 11) is 2.99. The van der Waals surface area contributed by atoms with E-state index in [1.165, 1.54) is 14.2 Å². The zero-order valence-electron chi connectivity index (χ0n) is 17.0. The molecule has 1 unspecified atom stereocenters. The first-order chi connectivity index (χ1) is 14.6. The number of carbonyl (C=O) groups is 2. The lowest BCUT2D eigenvalue weighted by molar-refractivity contribution is -0.141. The van der Waals surface area contributed by atoms with E-state index < -0.39 is 17.7 Å². The summed E-state index contributed by atoms with van der Waals surface area (Å²) in [6.07, 6.45) is 5.30. The van der Waals surface area contributed by atoms with Gasteiger partial charge < -0.3 is 19.5 Å². The van der Waals surface area contributed by atoms with Crippen molar-refractivity contribution >= 4 is 17.4 Å². The summed E-state index contributed by atoms with van der Waals surface area (Å²) in [5.74, 6) is -0.724. The number of ether oxygens (including phenoxy) is 2. The van der Waals surface area contributed by atoms with Crippen LogP contribution in [0.25, 0.3) is 5.76 Å². The highest BCUT2D eigenvalue weighted by molar-refractivity contribution is 6.46. The SMILES string of the molecule is COc1ccc(OC)c(/C(O)=C2\C(=O)C(=O)N(C3CCCC3)C2c2ccccn2)c1. The molecule has 1 aliphatic carbocycles. The largest absolute Gasteiger partial charge is 0.507 e. The molecule has 1 aromatic carbocycles. The zero-order valence-corrected chi connectivity index (χ0v) is 17.0. The van der Waals surface area contributed by atoms with Gasteiger partial charge in [-0.15, -0.1) is 0 Å². The Kier molecular flexibility index (Phi) is 5.44. The van der Waals surface area contributed by atoms with Gasteiger partial charge in [0.25, 0.3) is 11.7 Å². The Morgan fingerprint density at radius 1 is 1.10 bits per heavy atom. The Bertz CT molecular complexity index is 996. The van der Waals surface area contributed by atoms with E-state index in [0.29, 0.717) is 22.8 Å². The normalized spacial score (nSPS) is 21.3. The number of aliphatic hydroxyl groups excluding tert-OH is 1. The van der Waals surface area contributed by atoms with E-state index in [2.05, 4.69) is 4.98 Å². The van der Waals surface area contributed by atoms with Gasteiger partial charge in [-0.1, -0.05) is 18.9 Å². The van der Waals surface area contributed by atoms with Crippen LogP contribution < -0.4 is 9.47 Å². The lowest BCUT2D eigenvalue weighted by Gasteiger charge is -2.30. The maximum absolute atomic E-state index is 13.1. The van der Waals surface area contributed by atoms with Gasteiger partial charge in [0, 0.05) is 12.2 Å². The smallest absolute Gasteiger partial charge is 0.295 e. The van der Waals surface area contributed by atoms with E-state index >= 15 is 0 Å². The Morgan fingerprint density at radius 2 is 1.87 bits per heavy atom. The molecule has 1 aliphatic heterocycles. The molecule has 0 spiro atoms. The van der Waals surface area contributed by atoms with Gasteiger partial charge in [-0.25, -0.2) is 0 Å². The summed E-state index contributed by atoms with van der Waals surface area (Å²) < 4.78 is 10.6. The Labute approximate surface area is 174 Å². The van der Waals surface area contributed by atoms with Crippen LogP contribution >= 0.6 is 0 Å². The molecule has 4 rings (SSSR count).